The van der Waals surface area contributed by atoms with Crippen molar-refractivity contribution >= 4 is 11.6 Å². The van der Waals surface area contributed by atoms with E-state index in [2.05, 4.69) is 4.90 Å². The summed E-state index contributed by atoms with van der Waals surface area (Å²) in [4.78, 5) is 18.7. The largest absolute Gasteiger partial charge is 0.387 e. The molecule has 2 aliphatic rings. The smallest absolute Gasteiger partial charge is 0.253 e. The fraction of sp³-hybridized carbons (Fsp3) is 0.611. The lowest BCUT2D eigenvalue weighted by molar-refractivity contribution is 0.0236. The van der Waals surface area contributed by atoms with Gasteiger partial charge in [0.25, 0.3) is 5.91 Å². The van der Waals surface area contributed by atoms with E-state index in [0.29, 0.717) is 31.6 Å². The van der Waals surface area contributed by atoms with Gasteiger partial charge < -0.3 is 19.8 Å². The molecule has 1 amide bonds. The molecule has 1 aromatic rings. The van der Waals surface area contributed by atoms with E-state index < -0.39 is 5.60 Å². The SMILES string of the molecule is CN(C)C[C@]1(O)CCN(C(=O)c2ccc(N3CCCC3)cc2)C1. The van der Waals surface area contributed by atoms with Crippen LogP contribution in [0.5, 0.6) is 0 Å². The molecule has 0 radical (unpaired) electrons. The molecule has 2 aliphatic heterocycles. The summed E-state index contributed by atoms with van der Waals surface area (Å²) < 4.78 is 0. The van der Waals surface area contributed by atoms with Gasteiger partial charge in [0.05, 0.1) is 12.1 Å². The molecule has 1 aromatic carbocycles. The van der Waals surface area contributed by atoms with Crippen LogP contribution in [-0.4, -0.2) is 73.2 Å². The number of likely N-dealkylation sites (N-methyl/N-ethyl adjacent to an activating group) is 1. The zero-order valence-electron chi connectivity index (χ0n) is 14.2. The average molecular weight is 317 g/mol. The van der Waals surface area contributed by atoms with E-state index >= 15 is 0 Å². The van der Waals surface area contributed by atoms with Crippen molar-refractivity contribution in [3.63, 3.8) is 0 Å². The number of carbonyl (C=O) groups excluding carboxylic acids is 1. The lowest BCUT2D eigenvalue weighted by Gasteiger charge is -2.26. The molecule has 3 rings (SSSR count). The second kappa shape index (κ2) is 6.49. The van der Waals surface area contributed by atoms with Gasteiger partial charge in [0.2, 0.25) is 0 Å². The number of benzene rings is 1. The van der Waals surface area contributed by atoms with E-state index in [0.717, 1.165) is 13.1 Å². The van der Waals surface area contributed by atoms with Crippen LogP contribution in [0.25, 0.3) is 0 Å². The molecule has 0 aliphatic carbocycles. The van der Waals surface area contributed by atoms with Gasteiger partial charge in [-0.05, 0) is 57.6 Å². The summed E-state index contributed by atoms with van der Waals surface area (Å²) in [6, 6.07) is 7.92. The fourth-order valence-electron chi connectivity index (χ4n) is 3.72. The quantitative estimate of drug-likeness (QED) is 0.912. The van der Waals surface area contributed by atoms with Gasteiger partial charge in [-0.15, -0.1) is 0 Å². The zero-order valence-corrected chi connectivity index (χ0v) is 14.2. The first-order valence-electron chi connectivity index (χ1n) is 8.48. The summed E-state index contributed by atoms with van der Waals surface area (Å²) in [7, 11) is 3.89. The Kier molecular flexibility index (Phi) is 4.60. The van der Waals surface area contributed by atoms with Gasteiger partial charge in [-0.2, -0.15) is 0 Å². The van der Waals surface area contributed by atoms with Gasteiger partial charge in [0.1, 0.15) is 0 Å². The molecule has 0 unspecified atom stereocenters. The van der Waals surface area contributed by atoms with Crippen LogP contribution in [0.4, 0.5) is 5.69 Å². The number of hydrogen-bond donors (Lipinski definition) is 1. The average Bonchev–Trinajstić information content (AvgIpc) is 3.16. The number of aliphatic hydroxyl groups is 1. The maximum absolute atomic E-state index is 12.6. The van der Waals surface area contributed by atoms with Crippen molar-refractivity contribution in [1.82, 2.24) is 9.80 Å². The van der Waals surface area contributed by atoms with Crippen LogP contribution in [0.2, 0.25) is 0 Å². The number of amides is 1. The van der Waals surface area contributed by atoms with Crippen molar-refractivity contribution in [2.45, 2.75) is 24.9 Å². The monoisotopic (exact) mass is 317 g/mol. The van der Waals surface area contributed by atoms with Gasteiger partial charge in [-0.25, -0.2) is 0 Å². The number of hydrogen-bond acceptors (Lipinski definition) is 4. The lowest BCUT2D eigenvalue weighted by atomic mass is 10.0. The van der Waals surface area contributed by atoms with Crippen molar-refractivity contribution in [2.24, 2.45) is 0 Å². The Morgan fingerprint density at radius 1 is 1.17 bits per heavy atom. The van der Waals surface area contributed by atoms with E-state index in [9.17, 15) is 9.90 Å². The first kappa shape index (κ1) is 16.3. The molecular formula is C18H27N3O2. The second-order valence-electron chi connectivity index (χ2n) is 7.18. The van der Waals surface area contributed by atoms with Crippen LogP contribution in [0.3, 0.4) is 0 Å². The molecule has 0 saturated carbocycles. The Labute approximate surface area is 138 Å². The maximum atomic E-state index is 12.6. The van der Waals surface area contributed by atoms with Crippen LogP contribution in [0, 0.1) is 0 Å². The van der Waals surface area contributed by atoms with Gasteiger partial charge in [-0.1, -0.05) is 0 Å². The Morgan fingerprint density at radius 2 is 1.83 bits per heavy atom. The fourth-order valence-corrected chi connectivity index (χ4v) is 3.72. The summed E-state index contributed by atoms with van der Waals surface area (Å²) in [6.45, 7) is 3.84. The van der Waals surface area contributed by atoms with E-state index in [1.165, 1.54) is 18.5 Å². The third kappa shape index (κ3) is 3.67. The van der Waals surface area contributed by atoms with Gasteiger partial charge in [-0.3, -0.25) is 4.79 Å². The van der Waals surface area contributed by atoms with Crippen LogP contribution >= 0.6 is 0 Å². The minimum absolute atomic E-state index is 0.0210. The standard InChI is InChI=1S/C18H27N3O2/c1-19(2)13-18(23)9-12-21(14-18)17(22)15-5-7-16(8-6-15)20-10-3-4-11-20/h5-8,23H,3-4,9-14H2,1-2H3/t18-/m1/s1. The molecular weight excluding hydrogens is 290 g/mol. The highest BCUT2D eigenvalue weighted by molar-refractivity contribution is 5.94. The summed E-state index contributed by atoms with van der Waals surface area (Å²) in [5.74, 6) is 0.0210. The number of carbonyl (C=O) groups is 1. The van der Waals surface area contributed by atoms with E-state index in [1.807, 2.05) is 43.3 Å². The Balaban J connectivity index is 1.64. The number of anilines is 1. The van der Waals surface area contributed by atoms with E-state index in [-0.39, 0.29) is 5.91 Å². The maximum Gasteiger partial charge on any atom is 0.253 e. The van der Waals surface area contributed by atoms with Gasteiger partial charge >= 0.3 is 0 Å². The molecule has 2 heterocycles. The summed E-state index contributed by atoms with van der Waals surface area (Å²) in [5, 5.41) is 10.6. The van der Waals surface area contributed by atoms with Crippen LogP contribution < -0.4 is 4.90 Å². The molecule has 126 valence electrons. The molecule has 1 atom stereocenters. The Hall–Kier alpha value is -1.59. The van der Waals surface area contributed by atoms with Crippen LogP contribution in [0.15, 0.2) is 24.3 Å². The molecule has 0 spiro atoms. The normalized spacial score (nSPS) is 24.7. The van der Waals surface area contributed by atoms with Crippen molar-refractivity contribution in [1.29, 1.82) is 0 Å². The first-order valence-corrected chi connectivity index (χ1v) is 8.48. The minimum atomic E-state index is -0.783. The Bertz CT molecular complexity index is 552. The van der Waals surface area contributed by atoms with Crippen LogP contribution in [-0.2, 0) is 0 Å². The summed E-state index contributed by atoms with van der Waals surface area (Å²) in [6.07, 6.45) is 3.14. The first-order chi connectivity index (χ1) is 11.0. The molecule has 5 nitrogen and oxygen atoms in total. The molecule has 23 heavy (non-hydrogen) atoms. The molecule has 0 aromatic heterocycles. The van der Waals surface area contributed by atoms with Crippen molar-refractivity contribution < 1.29 is 9.90 Å². The zero-order chi connectivity index (χ0) is 16.4. The van der Waals surface area contributed by atoms with Gasteiger partial charge in [0, 0.05) is 37.4 Å². The molecule has 2 fully saturated rings. The van der Waals surface area contributed by atoms with E-state index in [1.54, 1.807) is 4.90 Å². The van der Waals surface area contributed by atoms with Gasteiger partial charge in [0.15, 0.2) is 0 Å². The third-order valence-corrected chi connectivity index (χ3v) is 4.82. The minimum Gasteiger partial charge on any atom is -0.387 e. The lowest BCUT2D eigenvalue weighted by Crippen LogP contribution is -2.43. The number of rotatable bonds is 4. The highest BCUT2D eigenvalue weighted by Crippen LogP contribution is 2.25. The summed E-state index contributed by atoms with van der Waals surface area (Å²) in [5.41, 5.74) is 1.13. The third-order valence-electron chi connectivity index (χ3n) is 4.82. The topological polar surface area (TPSA) is 47.0 Å². The second-order valence-corrected chi connectivity index (χ2v) is 7.18. The predicted molar refractivity (Wildman–Crippen MR) is 91.9 cm³/mol. The highest BCUT2D eigenvalue weighted by atomic mass is 16.3. The van der Waals surface area contributed by atoms with E-state index in [4.69, 9.17) is 0 Å². The van der Waals surface area contributed by atoms with Crippen molar-refractivity contribution in [3.8, 4) is 0 Å². The van der Waals surface area contributed by atoms with Crippen molar-refractivity contribution in [2.75, 3.05) is 51.7 Å². The number of nitrogens with zero attached hydrogens (tertiary/aromatic N) is 3. The molecule has 2 saturated heterocycles. The predicted octanol–water partition coefficient (Wildman–Crippen LogP) is 1.43. The van der Waals surface area contributed by atoms with Crippen LogP contribution in [0.1, 0.15) is 29.6 Å². The highest BCUT2D eigenvalue weighted by Gasteiger charge is 2.38. The molecule has 1 N–H and O–H groups in total. The molecule has 0 bridgehead atoms. The number of likely N-dealkylation sites (tertiary alicyclic amines) is 1. The Morgan fingerprint density at radius 3 is 2.43 bits per heavy atom. The van der Waals surface area contributed by atoms with Crippen molar-refractivity contribution in [3.05, 3.63) is 29.8 Å². The number of β-amino-alcohol motifs (C(OH)–C–C–N with tert-alkyl or cyclic N) is 1. The molecule has 5 heteroatoms. The summed E-state index contributed by atoms with van der Waals surface area (Å²) >= 11 is 0.